The molecule has 0 aromatic heterocycles. The molecule has 2 aromatic rings. The SMILES string of the molecule is O=C(NC(CC(=O)N1C[C@H](O)C[C@@H]1C(=O)O)C1CCC1)OCC1c2ccccc2-c2ccccc21. The molecule has 184 valence electrons. The second kappa shape index (κ2) is 9.70. The van der Waals surface area contributed by atoms with Crippen LogP contribution in [0.5, 0.6) is 0 Å². The van der Waals surface area contributed by atoms with E-state index in [1.54, 1.807) is 0 Å². The van der Waals surface area contributed by atoms with Crippen molar-refractivity contribution in [3.8, 4) is 11.1 Å². The maximum absolute atomic E-state index is 12.9. The molecule has 8 nitrogen and oxygen atoms in total. The number of likely N-dealkylation sites (tertiary alicyclic amines) is 1. The standard InChI is InChI=1S/C27H30N2O6/c30-17-12-24(26(32)33)29(14-17)25(31)13-23(16-6-5-7-16)28-27(34)35-15-22-20-10-3-1-8-18(20)19-9-2-4-11-21(19)22/h1-4,8-11,16-17,22-24,30H,5-7,12-15H2,(H,28,34)(H,32,33)/t17-,23?,24-/m1/s1. The zero-order chi connectivity index (χ0) is 24.5. The summed E-state index contributed by atoms with van der Waals surface area (Å²) in [6, 6.07) is 14.8. The van der Waals surface area contributed by atoms with Crippen LogP contribution in [0.4, 0.5) is 4.79 Å². The lowest BCUT2D eigenvalue weighted by atomic mass is 9.78. The van der Waals surface area contributed by atoms with E-state index in [2.05, 4.69) is 29.6 Å². The summed E-state index contributed by atoms with van der Waals surface area (Å²) in [5, 5.41) is 22.2. The molecule has 2 fully saturated rings. The molecular formula is C27H30N2O6. The number of aliphatic hydroxyl groups is 1. The van der Waals surface area contributed by atoms with Crippen LogP contribution in [0, 0.1) is 5.92 Å². The molecule has 3 atom stereocenters. The number of aliphatic hydroxyl groups excluding tert-OH is 1. The number of ether oxygens (including phenoxy) is 1. The molecule has 1 unspecified atom stereocenters. The van der Waals surface area contributed by atoms with Gasteiger partial charge in [-0.3, -0.25) is 4.79 Å². The fraction of sp³-hybridized carbons (Fsp3) is 0.444. The van der Waals surface area contributed by atoms with Gasteiger partial charge in [0.1, 0.15) is 12.6 Å². The summed E-state index contributed by atoms with van der Waals surface area (Å²) in [6.07, 6.45) is 1.41. The topological polar surface area (TPSA) is 116 Å². The minimum absolute atomic E-state index is 0.00185. The number of carboxylic acids is 1. The normalized spacial score (nSPS) is 22.1. The van der Waals surface area contributed by atoms with Gasteiger partial charge in [0.05, 0.1) is 6.10 Å². The van der Waals surface area contributed by atoms with E-state index in [1.807, 2.05) is 24.3 Å². The van der Waals surface area contributed by atoms with Crippen molar-refractivity contribution in [2.75, 3.05) is 13.2 Å². The largest absolute Gasteiger partial charge is 0.480 e. The van der Waals surface area contributed by atoms with Crippen LogP contribution in [0.15, 0.2) is 48.5 Å². The minimum atomic E-state index is -1.13. The van der Waals surface area contributed by atoms with E-state index in [9.17, 15) is 24.6 Å². The number of nitrogens with zero attached hydrogens (tertiary/aromatic N) is 1. The molecule has 35 heavy (non-hydrogen) atoms. The fourth-order valence-electron chi connectivity index (χ4n) is 5.60. The van der Waals surface area contributed by atoms with Crippen molar-refractivity contribution < 1.29 is 29.3 Å². The van der Waals surface area contributed by atoms with Crippen molar-refractivity contribution >= 4 is 18.0 Å². The number of hydrogen-bond donors (Lipinski definition) is 3. The van der Waals surface area contributed by atoms with Crippen LogP contribution in [0.25, 0.3) is 11.1 Å². The molecule has 1 saturated carbocycles. The molecule has 3 N–H and O–H groups in total. The Balaban J connectivity index is 1.23. The highest BCUT2D eigenvalue weighted by molar-refractivity contribution is 5.85. The lowest BCUT2D eigenvalue weighted by molar-refractivity contribution is -0.148. The third-order valence-electron chi connectivity index (χ3n) is 7.64. The predicted molar refractivity (Wildman–Crippen MR) is 128 cm³/mol. The molecule has 0 radical (unpaired) electrons. The Morgan fingerprint density at radius 3 is 2.23 bits per heavy atom. The summed E-state index contributed by atoms with van der Waals surface area (Å²) in [5.41, 5.74) is 4.55. The molecule has 1 aliphatic heterocycles. The number of amides is 2. The Bertz CT molecular complexity index is 1080. The Hall–Kier alpha value is -3.39. The first-order valence-electron chi connectivity index (χ1n) is 12.2. The number of benzene rings is 2. The fourth-order valence-corrected chi connectivity index (χ4v) is 5.60. The highest BCUT2D eigenvalue weighted by Gasteiger charge is 2.41. The van der Waals surface area contributed by atoms with Gasteiger partial charge in [0, 0.05) is 31.3 Å². The van der Waals surface area contributed by atoms with E-state index in [1.165, 1.54) is 4.90 Å². The number of hydrogen-bond acceptors (Lipinski definition) is 5. The van der Waals surface area contributed by atoms with E-state index in [0.29, 0.717) is 0 Å². The number of carbonyl (C=O) groups is 3. The van der Waals surface area contributed by atoms with Gasteiger partial charge in [-0.2, -0.15) is 0 Å². The molecule has 8 heteroatoms. The number of carbonyl (C=O) groups excluding carboxylic acids is 2. The lowest BCUT2D eigenvalue weighted by Crippen LogP contribution is -2.48. The quantitative estimate of drug-likeness (QED) is 0.563. The average Bonchev–Trinajstić information content (AvgIpc) is 3.35. The van der Waals surface area contributed by atoms with Crippen LogP contribution in [-0.2, 0) is 14.3 Å². The van der Waals surface area contributed by atoms with E-state index < -0.39 is 30.3 Å². The van der Waals surface area contributed by atoms with Gasteiger partial charge in [0.15, 0.2) is 0 Å². The van der Waals surface area contributed by atoms with Crippen molar-refractivity contribution in [3.05, 3.63) is 59.7 Å². The Labute approximate surface area is 203 Å². The first-order valence-corrected chi connectivity index (χ1v) is 12.2. The van der Waals surface area contributed by atoms with E-state index in [0.717, 1.165) is 41.5 Å². The van der Waals surface area contributed by atoms with E-state index in [-0.39, 0.29) is 43.7 Å². The smallest absolute Gasteiger partial charge is 0.407 e. The molecule has 3 aliphatic rings. The monoisotopic (exact) mass is 478 g/mol. The Morgan fingerprint density at radius 2 is 1.66 bits per heavy atom. The van der Waals surface area contributed by atoms with Gasteiger partial charge in [0.2, 0.25) is 5.91 Å². The van der Waals surface area contributed by atoms with Gasteiger partial charge in [-0.1, -0.05) is 55.0 Å². The van der Waals surface area contributed by atoms with E-state index in [4.69, 9.17) is 4.74 Å². The number of β-amino-alcohol motifs (C(OH)–C–C–N with tert-alkyl or cyclic N) is 1. The van der Waals surface area contributed by atoms with Gasteiger partial charge in [-0.05, 0) is 41.0 Å². The van der Waals surface area contributed by atoms with E-state index >= 15 is 0 Å². The van der Waals surface area contributed by atoms with Crippen molar-refractivity contribution in [2.45, 2.75) is 56.2 Å². The highest BCUT2D eigenvalue weighted by atomic mass is 16.5. The zero-order valence-electron chi connectivity index (χ0n) is 19.4. The predicted octanol–water partition coefficient (Wildman–Crippen LogP) is 3.13. The van der Waals surface area contributed by atoms with Crippen molar-refractivity contribution in [1.82, 2.24) is 10.2 Å². The minimum Gasteiger partial charge on any atom is -0.480 e. The summed E-state index contributed by atoms with van der Waals surface area (Å²) in [4.78, 5) is 38.5. The van der Waals surface area contributed by atoms with Crippen LogP contribution in [0.1, 0.15) is 49.1 Å². The molecule has 5 rings (SSSR count). The first-order chi connectivity index (χ1) is 16.9. The Morgan fingerprint density at radius 1 is 1.03 bits per heavy atom. The number of fused-ring (bicyclic) bond motifs is 3. The summed E-state index contributed by atoms with van der Waals surface area (Å²) in [7, 11) is 0. The molecule has 0 bridgehead atoms. The molecular weight excluding hydrogens is 448 g/mol. The maximum Gasteiger partial charge on any atom is 0.407 e. The average molecular weight is 479 g/mol. The van der Waals surface area contributed by atoms with Gasteiger partial charge in [-0.25, -0.2) is 9.59 Å². The van der Waals surface area contributed by atoms with Crippen LogP contribution < -0.4 is 5.32 Å². The second-order valence-corrected chi connectivity index (χ2v) is 9.76. The van der Waals surface area contributed by atoms with Gasteiger partial charge < -0.3 is 25.2 Å². The van der Waals surface area contributed by atoms with Crippen LogP contribution in [-0.4, -0.2) is 64.4 Å². The maximum atomic E-state index is 12.9. The van der Waals surface area contributed by atoms with Crippen LogP contribution in [0.3, 0.4) is 0 Å². The molecule has 0 spiro atoms. The summed E-state index contributed by atoms with van der Waals surface area (Å²) in [5.74, 6) is -1.40. The molecule has 2 aromatic carbocycles. The zero-order valence-corrected chi connectivity index (χ0v) is 19.4. The van der Waals surface area contributed by atoms with Crippen molar-refractivity contribution in [3.63, 3.8) is 0 Å². The lowest BCUT2D eigenvalue weighted by Gasteiger charge is -2.35. The third kappa shape index (κ3) is 4.62. The van der Waals surface area contributed by atoms with Crippen molar-refractivity contribution in [2.24, 2.45) is 5.92 Å². The second-order valence-electron chi connectivity index (χ2n) is 9.76. The van der Waals surface area contributed by atoms with Gasteiger partial charge in [0.25, 0.3) is 0 Å². The van der Waals surface area contributed by atoms with Crippen LogP contribution >= 0.6 is 0 Å². The number of alkyl carbamates (subject to hydrolysis) is 1. The number of aliphatic carboxylic acids is 1. The van der Waals surface area contributed by atoms with Crippen molar-refractivity contribution in [1.29, 1.82) is 0 Å². The molecule has 2 aliphatic carbocycles. The Kier molecular flexibility index (Phi) is 6.47. The van der Waals surface area contributed by atoms with Gasteiger partial charge in [-0.15, -0.1) is 0 Å². The highest BCUT2D eigenvalue weighted by Crippen LogP contribution is 2.44. The number of carboxylic acid groups (broad SMARTS) is 1. The number of nitrogens with one attached hydrogen (secondary N) is 1. The molecule has 1 heterocycles. The number of rotatable bonds is 7. The van der Waals surface area contributed by atoms with Gasteiger partial charge >= 0.3 is 12.1 Å². The third-order valence-corrected chi connectivity index (χ3v) is 7.64. The molecule has 1 saturated heterocycles. The summed E-state index contributed by atoms with van der Waals surface area (Å²) >= 11 is 0. The molecule has 2 amide bonds. The summed E-state index contributed by atoms with van der Waals surface area (Å²) < 4.78 is 5.66. The summed E-state index contributed by atoms with van der Waals surface area (Å²) in [6.45, 7) is 0.183. The first kappa shape index (κ1) is 23.4. The van der Waals surface area contributed by atoms with Crippen LogP contribution in [0.2, 0.25) is 0 Å².